The molecule has 0 N–H and O–H groups in total. The van der Waals surface area contributed by atoms with Crippen molar-refractivity contribution in [1.82, 2.24) is 15.0 Å². The minimum absolute atomic E-state index is 0.202. The number of nitrogens with zero attached hydrogens (tertiary/aromatic N) is 3. The predicted octanol–water partition coefficient (Wildman–Crippen LogP) is 14.2. The summed E-state index contributed by atoms with van der Waals surface area (Å²) >= 11 is 0. The van der Waals surface area contributed by atoms with Crippen LogP contribution in [0.2, 0.25) is 0 Å². The molecule has 0 aliphatic heterocycles. The maximum absolute atomic E-state index is 5.57. The summed E-state index contributed by atoms with van der Waals surface area (Å²) in [5.41, 5.74) is 6.68. The van der Waals surface area contributed by atoms with Crippen LogP contribution in [0.15, 0.2) is 194 Å². The fraction of sp³-hybridized carbons (Fsp3) is 0.0556. The number of fused-ring (bicyclic) bond motifs is 6. The van der Waals surface area contributed by atoms with E-state index in [4.69, 9.17) is 15.0 Å². The van der Waals surface area contributed by atoms with Crippen molar-refractivity contribution >= 4 is 53.9 Å². The molecule has 9 aromatic carbocycles. The number of hydrogen-bond donors (Lipinski definition) is 0. The Hall–Kier alpha value is -7.23. The molecule has 0 saturated carbocycles. The highest BCUT2D eigenvalue weighted by Crippen LogP contribution is 2.46. The zero-order chi connectivity index (χ0) is 37.9. The Morgan fingerprint density at radius 3 is 1.65 bits per heavy atom. The van der Waals surface area contributed by atoms with E-state index in [1.54, 1.807) is 0 Å². The van der Waals surface area contributed by atoms with E-state index in [1.165, 1.54) is 43.6 Å². The van der Waals surface area contributed by atoms with Crippen molar-refractivity contribution in [2.75, 3.05) is 0 Å². The molecule has 10 aromatic rings. The van der Waals surface area contributed by atoms with E-state index in [0.717, 1.165) is 43.6 Å². The van der Waals surface area contributed by atoms with E-state index < -0.39 is 0 Å². The minimum atomic E-state index is 0.202. The van der Waals surface area contributed by atoms with Crippen molar-refractivity contribution in [2.45, 2.75) is 12.8 Å². The van der Waals surface area contributed by atoms with Crippen LogP contribution in [0.3, 0.4) is 0 Å². The van der Waals surface area contributed by atoms with Crippen molar-refractivity contribution in [3.8, 4) is 45.3 Å². The van der Waals surface area contributed by atoms with Gasteiger partial charge in [0.25, 0.3) is 0 Å². The first-order valence-electron chi connectivity index (χ1n) is 19.7. The van der Waals surface area contributed by atoms with Crippen LogP contribution in [-0.4, -0.2) is 15.0 Å². The van der Waals surface area contributed by atoms with Gasteiger partial charge in [-0.25, -0.2) is 15.0 Å². The second-order valence-electron chi connectivity index (χ2n) is 15.1. The van der Waals surface area contributed by atoms with Crippen molar-refractivity contribution < 1.29 is 0 Å². The van der Waals surface area contributed by atoms with Gasteiger partial charge in [0.2, 0.25) is 0 Å². The van der Waals surface area contributed by atoms with E-state index >= 15 is 0 Å². The zero-order valence-corrected chi connectivity index (χ0v) is 31.5. The second-order valence-corrected chi connectivity index (χ2v) is 15.1. The summed E-state index contributed by atoms with van der Waals surface area (Å²) in [6, 6.07) is 60.8. The molecule has 1 aliphatic rings. The first kappa shape index (κ1) is 33.1. The molecule has 3 heteroatoms. The third-order valence-corrected chi connectivity index (χ3v) is 11.8. The Morgan fingerprint density at radius 1 is 0.351 bits per heavy atom. The molecule has 268 valence electrons. The third-order valence-electron chi connectivity index (χ3n) is 11.8. The van der Waals surface area contributed by atoms with Crippen LogP contribution in [0.5, 0.6) is 0 Å². The number of aromatic nitrogens is 3. The molecule has 0 bridgehead atoms. The summed E-state index contributed by atoms with van der Waals surface area (Å²) in [6.07, 6.45) is 9.06. The van der Waals surface area contributed by atoms with E-state index in [9.17, 15) is 0 Å². The highest BCUT2D eigenvalue weighted by atomic mass is 15.0. The Kier molecular flexibility index (Phi) is 7.85. The monoisotopic (exact) mass is 727 g/mol. The minimum Gasteiger partial charge on any atom is -0.208 e. The molecule has 3 nitrogen and oxygen atoms in total. The topological polar surface area (TPSA) is 38.7 Å². The van der Waals surface area contributed by atoms with Gasteiger partial charge in [-0.3, -0.25) is 0 Å². The molecule has 0 spiro atoms. The van der Waals surface area contributed by atoms with Gasteiger partial charge < -0.3 is 0 Å². The normalized spacial score (nSPS) is 15.3. The number of benzene rings is 9. The first-order valence-corrected chi connectivity index (χ1v) is 19.7. The first-order chi connectivity index (χ1) is 28.2. The lowest BCUT2D eigenvalue weighted by atomic mass is 9.78. The Balaban J connectivity index is 1.27. The molecule has 57 heavy (non-hydrogen) atoms. The van der Waals surface area contributed by atoms with Crippen molar-refractivity contribution in [3.63, 3.8) is 0 Å². The fourth-order valence-corrected chi connectivity index (χ4v) is 9.08. The number of rotatable bonds is 5. The molecule has 2 atom stereocenters. The lowest BCUT2D eigenvalue weighted by Gasteiger charge is -2.26. The SMILES string of the molecule is CC1C=CC=CC1c1c2ccccc2c(-c2nc(-c3ccccc3)nc(-c3c4ccccc4cc4c3ccc3ccccc34)n2)c2ccc(-c3ccccc3)cc12. The number of allylic oxidation sites excluding steroid dienone is 4. The van der Waals surface area contributed by atoms with E-state index in [1.807, 2.05) is 6.07 Å². The van der Waals surface area contributed by atoms with Crippen molar-refractivity contribution in [3.05, 3.63) is 200 Å². The van der Waals surface area contributed by atoms with Gasteiger partial charge in [0.05, 0.1) is 0 Å². The molecule has 11 rings (SSSR count). The molecule has 0 radical (unpaired) electrons. The lowest BCUT2D eigenvalue weighted by molar-refractivity contribution is 0.643. The van der Waals surface area contributed by atoms with Crippen LogP contribution in [0.25, 0.3) is 99.2 Å². The van der Waals surface area contributed by atoms with E-state index in [-0.39, 0.29) is 5.92 Å². The van der Waals surface area contributed by atoms with Crippen LogP contribution in [0, 0.1) is 5.92 Å². The van der Waals surface area contributed by atoms with Gasteiger partial charge in [-0.05, 0) is 88.6 Å². The van der Waals surface area contributed by atoms with Crippen LogP contribution < -0.4 is 0 Å². The summed E-state index contributed by atoms with van der Waals surface area (Å²) in [4.78, 5) is 16.3. The Labute approximate surface area is 331 Å². The van der Waals surface area contributed by atoms with Crippen LogP contribution in [0.1, 0.15) is 18.4 Å². The van der Waals surface area contributed by atoms with E-state index in [0.29, 0.717) is 23.4 Å². The molecule has 2 unspecified atom stereocenters. The highest BCUT2D eigenvalue weighted by molar-refractivity contribution is 6.20. The van der Waals surface area contributed by atoms with Gasteiger partial charge in [-0.15, -0.1) is 0 Å². The molecule has 0 fully saturated rings. The third kappa shape index (κ3) is 5.54. The standard InChI is InChI=1S/C54H37N3/c1-34-16-8-11-23-40(34)49-43-26-14-15-27-44(43)51(46-31-29-38(32-48(46)49)35-17-4-2-5-18-35)54-56-52(37-20-6-3-7-21-37)55-53(57-54)50-42-25-13-10-22-39(42)33-47-41-24-12-9-19-36(41)28-30-45(47)50/h2-34,40H,1H3. The smallest absolute Gasteiger partial charge is 0.165 e. The maximum atomic E-state index is 5.57. The summed E-state index contributed by atoms with van der Waals surface area (Å²) in [7, 11) is 0. The molecule has 1 heterocycles. The van der Waals surface area contributed by atoms with Crippen molar-refractivity contribution in [1.29, 1.82) is 0 Å². The van der Waals surface area contributed by atoms with E-state index in [2.05, 4.69) is 195 Å². The maximum Gasteiger partial charge on any atom is 0.165 e. The average molecular weight is 728 g/mol. The summed E-state index contributed by atoms with van der Waals surface area (Å²) in [5, 5.41) is 11.7. The molecule has 0 amide bonds. The summed E-state index contributed by atoms with van der Waals surface area (Å²) < 4.78 is 0. The van der Waals surface area contributed by atoms with Gasteiger partial charge in [0, 0.05) is 22.6 Å². The van der Waals surface area contributed by atoms with Crippen LogP contribution >= 0.6 is 0 Å². The molecular weight excluding hydrogens is 691 g/mol. The predicted molar refractivity (Wildman–Crippen MR) is 239 cm³/mol. The molecular formula is C54H37N3. The second kappa shape index (κ2) is 13.5. The Bertz CT molecular complexity index is 3250. The molecule has 1 aromatic heterocycles. The lowest BCUT2D eigenvalue weighted by Crippen LogP contribution is -2.10. The largest absolute Gasteiger partial charge is 0.208 e. The Morgan fingerprint density at radius 2 is 0.895 bits per heavy atom. The highest BCUT2D eigenvalue weighted by Gasteiger charge is 2.26. The number of hydrogen-bond acceptors (Lipinski definition) is 3. The van der Waals surface area contributed by atoms with Gasteiger partial charge >= 0.3 is 0 Å². The van der Waals surface area contributed by atoms with Gasteiger partial charge in [-0.2, -0.15) is 0 Å². The summed E-state index contributed by atoms with van der Waals surface area (Å²) in [6.45, 7) is 2.32. The molecule has 0 saturated heterocycles. The average Bonchev–Trinajstić information content (AvgIpc) is 3.28. The summed E-state index contributed by atoms with van der Waals surface area (Å²) in [5.74, 6) is 2.50. The quantitative estimate of drug-likeness (QED) is 0.131. The van der Waals surface area contributed by atoms with Gasteiger partial charge in [-0.1, -0.05) is 189 Å². The van der Waals surface area contributed by atoms with Gasteiger partial charge in [0.1, 0.15) is 0 Å². The fourth-order valence-electron chi connectivity index (χ4n) is 9.08. The van der Waals surface area contributed by atoms with Gasteiger partial charge in [0.15, 0.2) is 17.5 Å². The van der Waals surface area contributed by atoms with Crippen LogP contribution in [0.4, 0.5) is 0 Å². The van der Waals surface area contributed by atoms with Crippen molar-refractivity contribution in [2.24, 2.45) is 5.92 Å². The molecule has 1 aliphatic carbocycles. The zero-order valence-electron chi connectivity index (χ0n) is 31.5. The van der Waals surface area contributed by atoms with Crippen LogP contribution in [-0.2, 0) is 0 Å².